The first-order chi connectivity index (χ1) is 11.4. The monoisotopic (exact) mass is 326 g/mol. The standard InChI is InChI=1S/C19H22N2O3/c1-12-8-13(2)18(14(3)9-12)21-17(22)11-20-16-7-5-6-15(10-16)19(23)24-4/h5-10,20H,11H2,1-4H3,(H,21,22). The van der Waals surface area contributed by atoms with Gasteiger partial charge in [0.25, 0.3) is 0 Å². The van der Waals surface area contributed by atoms with Crippen LogP contribution in [0.4, 0.5) is 11.4 Å². The molecular formula is C19H22N2O3. The lowest BCUT2D eigenvalue weighted by molar-refractivity contribution is -0.114. The van der Waals surface area contributed by atoms with Crippen LogP contribution in [0.5, 0.6) is 0 Å². The molecule has 0 unspecified atom stereocenters. The molecule has 0 saturated heterocycles. The van der Waals surface area contributed by atoms with Gasteiger partial charge >= 0.3 is 5.97 Å². The van der Waals surface area contributed by atoms with Crippen LogP contribution < -0.4 is 10.6 Å². The maximum absolute atomic E-state index is 12.2. The minimum atomic E-state index is -0.408. The Morgan fingerprint density at radius 3 is 2.33 bits per heavy atom. The fraction of sp³-hybridized carbons (Fsp3) is 0.263. The molecule has 1 amide bonds. The number of methoxy groups -OCH3 is 1. The summed E-state index contributed by atoms with van der Waals surface area (Å²) in [6, 6.07) is 10.9. The van der Waals surface area contributed by atoms with E-state index in [1.807, 2.05) is 32.9 Å². The Hall–Kier alpha value is -2.82. The summed E-state index contributed by atoms with van der Waals surface area (Å²) in [5, 5.41) is 5.95. The highest BCUT2D eigenvalue weighted by molar-refractivity contribution is 5.95. The van der Waals surface area contributed by atoms with E-state index in [4.69, 9.17) is 0 Å². The highest BCUT2D eigenvalue weighted by Crippen LogP contribution is 2.21. The highest BCUT2D eigenvalue weighted by Gasteiger charge is 2.09. The zero-order valence-corrected chi connectivity index (χ0v) is 14.4. The number of carbonyl (C=O) groups excluding carboxylic acids is 2. The SMILES string of the molecule is COC(=O)c1cccc(NCC(=O)Nc2c(C)cc(C)cc2C)c1. The number of nitrogens with one attached hydrogen (secondary N) is 2. The number of esters is 1. The van der Waals surface area contributed by atoms with Gasteiger partial charge in [-0.25, -0.2) is 4.79 Å². The number of hydrogen-bond donors (Lipinski definition) is 2. The molecule has 0 aromatic heterocycles. The third-order valence-corrected chi connectivity index (χ3v) is 3.68. The van der Waals surface area contributed by atoms with Gasteiger partial charge in [0, 0.05) is 11.4 Å². The van der Waals surface area contributed by atoms with Crippen molar-refractivity contribution in [1.29, 1.82) is 0 Å². The predicted molar refractivity (Wildman–Crippen MR) is 95.6 cm³/mol. The average molecular weight is 326 g/mol. The highest BCUT2D eigenvalue weighted by atomic mass is 16.5. The van der Waals surface area contributed by atoms with E-state index in [1.54, 1.807) is 24.3 Å². The number of hydrogen-bond acceptors (Lipinski definition) is 4. The van der Waals surface area contributed by atoms with Crippen LogP contribution in [-0.2, 0) is 9.53 Å². The lowest BCUT2D eigenvalue weighted by atomic mass is 10.1. The van der Waals surface area contributed by atoms with Crippen molar-refractivity contribution in [3.8, 4) is 0 Å². The van der Waals surface area contributed by atoms with Crippen LogP contribution in [0.1, 0.15) is 27.0 Å². The molecule has 0 radical (unpaired) electrons. The molecule has 0 spiro atoms. The van der Waals surface area contributed by atoms with E-state index in [-0.39, 0.29) is 12.5 Å². The summed E-state index contributed by atoms with van der Waals surface area (Å²) < 4.78 is 4.69. The molecule has 0 atom stereocenters. The van der Waals surface area contributed by atoms with E-state index in [9.17, 15) is 9.59 Å². The minimum Gasteiger partial charge on any atom is -0.465 e. The molecular weight excluding hydrogens is 304 g/mol. The maximum Gasteiger partial charge on any atom is 0.337 e. The van der Waals surface area contributed by atoms with Gasteiger partial charge in [0.05, 0.1) is 19.2 Å². The second kappa shape index (κ2) is 7.64. The Morgan fingerprint density at radius 2 is 1.71 bits per heavy atom. The van der Waals surface area contributed by atoms with E-state index in [1.165, 1.54) is 12.7 Å². The van der Waals surface area contributed by atoms with Crippen molar-refractivity contribution in [2.75, 3.05) is 24.3 Å². The Kier molecular flexibility index (Phi) is 5.58. The van der Waals surface area contributed by atoms with Crippen LogP contribution in [-0.4, -0.2) is 25.5 Å². The number of carbonyl (C=O) groups is 2. The van der Waals surface area contributed by atoms with Gasteiger partial charge < -0.3 is 15.4 Å². The first-order valence-electron chi connectivity index (χ1n) is 7.70. The van der Waals surface area contributed by atoms with Crippen LogP contribution in [0.3, 0.4) is 0 Å². The van der Waals surface area contributed by atoms with E-state index in [2.05, 4.69) is 15.4 Å². The average Bonchev–Trinajstić information content (AvgIpc) is 2.55. The Bertz CT molecular complexity index is 746. The van der Waals surface area contributed by atoms with Crippen LogP contribution in [0.25, 0.3) is 0 Å². The molecule has 2 aromatic rings. The fourth-order valence-corrected chi connectivity index (χ4v) is 2.62. The predicted octanol–water partition coefficient (Wildman–Crippen LogP) is 3.45. The van der Waals surface area contributed by atoms with E-state index < -0.39 is 5.97 Å². The molecule has 0 aliphatic rings. The van der Waals surface area contributed by atoms with Crippen molar-refractivity contribution >= 4 is 23.3 Å². The van der Waals surface area contributed by atoms with E-state index >= 15 is 0 Å². The van der Waals surface area contributed by atoms with Crippen molar-refractivity contribution in [3.63, 3.8) is 0 Å². The van der Waals surface area contributed by atoms with Crippen molar-refractivity contribution in [3.05, 3.63) is 58.7 Å². The fourth-order valence-electron chi connectivity index (χ4n) is 2.62. The molecule has 5 nitrogen and oxygen atoms in total. The molecule has 0 aliphatic carbocycles. The van der Waals surface area contributed by atoms with Gasteiger partial charge in [-0.15, -0.1) is 0 Å². The summed E-state index contributed by atoms with van der Waals surface area (Å²) in [4.78, 5) is 23.7. The van der Waals surface area contributed by atoms with Crippen LogP contribution in [0.2, 0.25) is 0 Å². The minimum absolute atomic E-state index is 0.109. The second-order valence-electron chi connectivity index (χ2n) is 5.75. The summed E-state index contributed by atoms with van der Waals surface area (Å²) in [7, 11) is 1.34. The molecule has 24 heavy (non-hydrogen) atoms. The van der Waals surface area contributed by atoms with Crippen LogP contribution >= 0.6 is 0 Å². The van der Waals surface area contributed by atoms with Crippen molar-refractivity contribution < 1.29 is 14.3 Å². The summed E-state index contributed by atoms with van der Waals surface area (Å²) in [5.74, 6) is -0.553. The maximum atomic E-state index is 12.2. The smallest absolute Gasteiger partial charge is 0.337 e. The quantitative estimate of drug-likeness (QED) is 0.826. The topological polar surface area (TPSA) is 67.4 Å². The number of aryl methyl sites for hydroxylation is 3. The number of rotatable bonds is 5. The van der Waals surface area contributed by atoms with Gasteiger partial charge in [0.1, 0.15) is 0 Å². The first-order valence-corrected chi connectivity index (χ1v) is 7.70. The molecule has 2 aromatic carbocycles. The zero-order valence-electron chi connectivity index (χ0n) is 14.4. The molecule has 0 saturated carbocycles. The van der Waals surface area contributed by atoms with E-state index in [0.29, 0.717) is 11.3 Å². The van der Waals surface area contributed by atoms with E-state index in [0.717, 1.165) is 16.8 Å². The first kappa shape index (κ1) is 17.5. The van der Waals surface area contributed by atoms with Gasteiger partial charge in [0.2, 0.25) is 5.91 Å². The Labute approximate surface area is 142 Å². The van der Waals surface area contributed by atoms with Gasteiger partial charge in [-0.05, 0) is 50.1 Å². The molecule has 2 N–H and O–H groups in total. The lowest BCUT2D eigenvalue weighted by Gasteiger charge is -2.13. The normalized spacial score (nSPS) is 10.2. The zero-order chi connectivity index (χ0) is 17.7. The molecule has 0 aliphatic heterocycles. The summed E-state index contributed by atoms with van der Waals surface area (Å²) >= 11 is 0. The molecule has 5 heteroatoms. The van der Waals surface area contributed by atoms with Crippen molar-refractivity contribution in [2.24, 2.45) is 0 Å². The number of benzene rings is 2. The molecule has 0 heterocycles. The van der Waals surface area contributed by atoms with Crippen LogP contribution in [0, 0.1) is 20.8 Å². The number of anilines is 2. The van der Waals surface area contributed by atoms with Crippen molar-refractivity contribution in [2.45, 2.75) is 20.8 Å². The molecule has 126 valence electrons. The van der Waals surface area contributed by atoms with Gasteiger partial charge in [-0.2, -0.15) is 0 Å². The summed E-state index contributed by atoms with van der Waals surface area (Å²) in [6.07, 6.45) is 0. The van der Waals surface area contributed by atoms with Crippen molar-refractivity contribution in [1.82, 2.24) is 0 Å². The third kappa shape index (κ3) is 4.35. The molecule has 0 fully saturated rings. The summed E-state index contributed by atoms with van der Waals surface area (Å²) in [5.41, 5.74) is 5.21. The molecule has 2 rings (SSSR count). The third-order valence-electron chi connectivity index (χ3n) is 3.68. The van der Waals surface area contributed by atoms with Gasteiger partial charge in [-0.3, -0.25) is 4.79 Å². The number of ether oxygens (including phenoxy) is 1. The second-order valence-corrected chi connectivity index (χ2v) is 5.75. The van der Waals surface area contributed by atoms with Gasteiger partial charge in [0.15, 0.2) is 0 Å². The van der Waals surface area contributed by atoms with Gasteiger partial charge in [-0.1, -0.05) is 23.8 Å². The lowest BCUT2D eigenvalue weighted by Crippen LogP contribution is -2.22. The van der Waals surface area contributed by atoms with Crippen LogP contribution in [0.15, 0.2) is 36.4 Å². The summed E-state index contributed by atoms with van der Waals surface area (Å²) in [6.45, 7) is 6.09. The Morgan fingerprint density at radius 1 is 1.04 bits per heavy atom. The molecule has 0 bridgehead atoms. The largest absolute Gasteiger partial charge is 0.465 e. The Balaban J connectivity index is 2.00. The number of amides is 1.